The third kappa shape index (κ3) is 8.91. The second-order valence-electron chi connectivity index (χ2n) is 22.2. The van der Waals surface area contributed by atoms with Gasteiger partial charge in [-0.3, -0.25) is 0 Å². The van der Waals surface area contributed by atoms with Crippen molar-refractivity contribution >= 4 is 44.6 Å². The zero-order chi connectivity index (χ0) is 45.4. The minimum absolute atomic E-state index is 0. The Hall–Kier alpha value is -4.86. The summed E-state index contributed by atoms with van der Waals surface area (Å²) < 4.78 is 9.15. The van der Waals surface area contributed by atoms with Gasteiger partial charge in [-0.05, 0) is 110 Å². The first-order valence-corrected chi connectivity index (χ1v) is 22.9. The van der Waals surface area contributed by atoms with Crippen molar-refractivity contribution in [1.82, 2.24) is 9.55 Å². The maximum absolute atomic E-state index is 6.91. The standard InChI is InChI=1S/C58H67N4O.Pt/c1-16-58(15,17-2)41-19-18-20-43(29-41)60-37-61(50-26-22-39(33-52(50)60)55(6,7)8)44-30-42(57(12,13)14)31-46(35-44)63-45-23-24-47-48-32-38(54(3,4)5)21-25-49(48)62(51(47)36-45)53-34-40(27-28-59-53)56(9,10)11;/h18-34,37H,16-17H2,1-15H3;/q-3;. The molecule has 0 spiro atoms. The molecule has 5 nitrogen and oxygen atoms in total. The van der Waals surface area contributed by atoms with Gasteiger partial charge in [-0.15, -0.1) is 53.6 Å². The van der Waals surface area contributed by atoms with Gasteiger partial charge in [0.15, 0.2) is 0 Å². The molecule has 0 saturated carbocycles. The molecular weight excluding hydrogens is 964 g/mol. The van der Waals surface area contributed by atoms with Gasteiger partial charge >= 0.3 is 0 Å². The minimum atomic E-state index is -0.159. The maximum Gasteiger partial charge on any atom is 0.135 e. The molecule has 6 heteroatoms. The van der Waals surface area contributed by atoms with E-state index in [0.29, 0.717) is 11.5 Å². The Bertz CT molecular complexity index is 2840. The monoisotopic (exact) mass is 1030 g/mol. The second-order valence-corrected chi connectivity index (χ2v) is 22.2. The van der Waals surface area contributed by atoms with E-state index in [9.17, 15) is 0 Å². The fourth-order valence-electron chi connectivity index (χ4n) is 8.67. The van der Waals surface area contributed by atoms with Crippen LogP contribution in [0.25, 0.3) is 27.6 Å². The van der Waals surface area contributed by atoms with Gasteiger partial charge in [-0.1, -0.05) is 140 Å². The van der Waals surface area contributed by atoms with E-state index in [0.717, 1.165) is 63.4 Å². The van der Waals surface area contributed by atoms with Crippen molar-refractivity contribution < 1.29 is 25.8 Å². The number of nitrogens with zero attached hydrogens (tertiary/aromatic N) is 4. The molecule has 0 radical (unpaired) electrons. The Morgan fingerprint density at radius 1 is 0.547 bits per heavy atom. The van der Waals surface area contributed by atoms with Crippen LogP contribution in [0.1, 0.15) is 145 Å². The van der Waals surface area contributed by atoms with Crippen LogP contribution in [0.15, 0.2) is 103 Å². The van der Waals surface area contributed by atoms with Crippen molar-refractivity contribution in [3.8, 4) is 17.3 Å². The number of hydrogen-bond donors (Lipinski definition) is 0. The number of anilines is 4. The molecule has 0 fully saturated rings. The van der Waals surface area contributed by atoms with Gasteiger partial charge < -0.3 is 19.1 Å². The minimum Gasteiger partial charge on any atom is -0.509 e. The fraction of sp³-hybridized carbons (Fsp3) is 0.379. The molecule has 8 rings (SSSR count). The summed E-state index contributed by atoms with van der Waals surface area (Å²) in [4.78, 5) is 9.58. The molecule has 1 aliphatic rings. The fourth-order valence-corrected chi connectivity index (χ4v) is 8.67. The number of rotatable bonds is 8. The largest absolute Gasteiger partial charge is 0.509 e. The third-order valence-electron chi connectivity index (χ3n) is 13.5. The average Bonchev–Trinajstić information content (AvgIpc) is 3.77. The van der Waals surface area contributed by atoms with E-state index in [1.54, 1.807) is 0 Å². The van der Waals surface area contributed by atoms with Gasteiger partial charge in [0.1, 0.15) is 5.82 Å². The number of benzene rings is 5. The molecule has 0 atom stereocenters. The summed E-state index contributed by atoms with van der Waals surface area (Å²) in [5.41, 5.74) is 12.6. The molecule has 1 aliphatic heterocycles. The maximum atomic E-state index is 6.91. The molecule has 338 valence electrons. The van der Waals surface area contributed by atoms with Crippen LogP contribution in [0.5, 0.6) is 11.5 Å². The van der Waals surface area contributed by atoms with E-state index in [1.807, 2.05) is 12.3 Å². The van der Waals surface area contributed by atoms with Crippen LogP contribution in [-0.2, 0) is 48.1 Å². The average molecular weight is 1030 g/mol. The quantitative estimate of drug-likeness (QED) is 0.142. The van der Waals surface area contributed by atoms with Crippen molar-refractivity contribution in [3.05, 3.63) is 150 Å². The third-order valence-corrected chi connectivity index (χ3v) is 13.5. The van der Waals surface area contributed by atoms with E-state index < -0.39 is 0 Å². The molecule has 3 heterocycles. The van der Waals surface area contributed by atoms with Crippen LogP contribution in [-0.4, -0.2) is 9.55 Å². The first-order chi connectivity index (χ1) is 29.5. The summed E-state index contributed by atoms with van der Waals surface area (Å²) in [5.74, 6) is 2.13. The van der Waals surface area contributed by atoms with E-state index >= 15 is 0 Å². The predicted octanol–water partition coefficient (Wildman–Crippen LogP) is 16.2. The Balaban J connectivity index is 0.00000612. The SMILES string of the molecule is CCC(C)(CC)c1cccc(N2[CH-]N(c3[c-]c(Oc4[c-]c5c(cc4)c4cc(C(C)(C)C)ccc4n5-c4cc(C(C)(C)C)ccn4)cc(C(C)(C)C)c3)c3ccc(C(C)(C)C)cc32)c1.[Pt]. The van der Waals surface area contributed by atoms with E-state index in [1.165, 1.54) is 27.6 Å². The number of aromatic nitrogens is 2. The zero-order valence-corrected chi connectivity index (χ0v) is 43.1. The smallest absolute Gasteiger partial charge is 0.135 e. The van der Waals surface area contributed by atoms with Gasteiger partial charge in [0.05, 0.1) is 0 Å². The van der Waals surface area contributed by atoms with Crippen LogP contribution < -0.4 is 14.5 Å². The zero-order valence-electron chi connectivity index (χ0n) is 40.8. The summed E-state index contributed by atoms with van der Waals surface area (Å²) in [7, 11) is 0. The number of ether oxygens (including phenoxy) is 1. The second kappa shape index (κ2) is 16.8. The van der Waals surface area contributed by atoms with E-state index in [2.05, 4.69) is 228 Å². The number of hydrogen-bond acceptors (Lipinski definition) is 4. The molecule has 0 N–H and O–H groups in total. The summed E-state index contributed by atoms with van der Waals surface area (Å²) in [6, 6.07) is 43.3. The number of pyridine rings is 1. The Morgan fingerprint density at radius 3 is 1.84 bits per heavy atom. The first-order valence-electron chi connectivity index (χ1n) is 22.9. The molecule has 0 saturated heterocycles. The molecule has 2 aromatic heterocycles. The Kier molecular flexibility index (Phi) is 12.4. The van der Waals surface area contributed by atoms with Crippen LogP contribution >= 0.6 is 0 Å². The van der Waals surface area contributed by atoms with Gasteiger partial charge in [0.25, 0.3) is 0 Å². The van der Waals surface area contributed by atoms with Gasteiger partial charge in [0, 0.05) is 61.3 Å². The van der Waals surface area contributed by atoms with Crippen LogP contribution in [0.2, 0.25) is 0 Å². The molecule has 5 aromatic carbocycles. The van der Waals surface area contributed by atoms with Crippen molar-refractivity contribution in [2.24, 2.45) is 0 Å². The molecular formula is C58H67N4OPt-3. The van der Waals surface area contributed by atoms with Crippen molar-refractivity contribution in [2.75, 3.05) is 9.80 Å². The molecule has 0 amide bonds. The molecule has 64 heavy (non-hydrogen) atoms. The summed E-state index contributed by atoms with van der Waals surface area (Å²) in [6.45, 7) is 36.3. The first kappa shape index (κ1) is 47.1. The van der Waals surface area contributed by atoms with Crippen molar-refractivity contribution in [3.63, 3.8) is 0 Å². The Morgan fingerprint density at radius 2 is 1.19 bits per heavy atom. The summed E-state index contributed by atoms with van der Waals surface area (Å²) in [6.07, 6.45) is 4.09. The molecule has 0 unspecified atom stereocenters. The Labute approximate surface area is 398 Å². The summed E-state index contributed by atoms with van der Waals surface area (Å²) >= 11 is 0. The van der Waals surface area contributed by atoms with Crippen LogP contribution in [0, 0.1) is 18.8 Å². The molecule has 0 bridgehead atoms. The van der Waals surface area contributed by atoms with Crippen molar-refractivity contribution in [1.29, 1.82) is 0 Å². The van der Waals surface area contributed by atoms with Crippen molar-refractivity contribution in [2.45, 2.75) is 144 Å². The summed E-state index contributed by atoms with van der Waals surface area (Å²) in [5, 5.41) is 2.29. The van der Waals surface area contributed by atoms with E-state index in [-0.39, 0.29) is 48.1 Å². The number of fused-ring (bicyclic) bond motifs is 4. The normalized spacial score (nSPS) is 13.7. The van der Waals surface area contributed by atoms with Gasteiger partial charge in [-0.2, -0.15) is 6.07 Å². The van der Waals surface area contributed by atoms with E-state index in [4.69, 9.17) is 9.72 Å². The predicted molar refractivity (Wildman–Crippen MR) is 267 cm³/mol. The molecule has 0 aliphatic carbocycles. The van der Waals surface area contributed by atoms with Crippen LogP contribution in [0.3, 0.4) is 0 Å². The van der Waals surface area contributed by atoms with Gasteiger partial charge in [-0.25, -0.2) is 4.98 Å². The topological polar surface area (TPSA) is 33.5 Å². The van der Waals surface area contributed by atoms with Gasteiger partial charge in [0.2, 0.25) is 0 Å². The molecule has 7 aromatic rings. The van der Waals surface area contributed by atoms with Crippen LogP contribution in [0.4, 0.5) is 22.7 Å².